The average Bonchev–Trinajstić information content (AvgIpc) is 3.09. The normalized spacial score (nSPS) is 16.3. The molecule has 1 nitrogen and oxygen atoms in total. The minimum Gasteiger partial charge on any atom is -0.429 e. The lowest BCUT2D eigenvalue weighted by molar-refractivity contribution is -0.189. The van der Waals surface area contributed by atoms with Gasteiger partial charge in [-0.15, -0.1) is 0 Å². The van der Waals surface area contributed by atoms with Gasteiger partial charge in [0.1, 0.15) is 34.6 Å². The molecule has 5 rings (SSSR count). The van der Waals surface area contributed by atoms with Crippen molar-refractivity contribution < 1.29 is 44.3 Å². The Labute approximate surface area is 299 Å². The van der Waals surface area contributed by atoms with Crippen molar-refractivity contribution in [1.82, 2.24) is 0 Å². The summed E-state index contributed by atoms with van der Waals surface area (Å²) >= 11 is 0. The van der Waals surface area contributed by atoms with Crippen LogP contribution < -0.4 is 4.74 Å². The Morgan fingerprint density at radius 1 is 0.558 bits per heavy atom. The van der Waals surface area contributed by atoms with Crippen LogP contribution in [-0.4, -0.2) is 0 Å². The van der Waals surface area contributed by atoms with E-state index in [0.29, 0.717) is 18.1 Å². The third-order valence-corrected chi connectivity index (χ3v) is 10.2. The molecule has 1 fully saturated rings. The highest BCUT2D eigenvalue weighted by Gasteiger charge is 2.41. The molecule has 280 valence electrons. The number of halogens is 9. The molecule has 4 aromatic carbocycles. The second-order valence-corrected chi connectivity index (χ2v) is 13.9. The molecule has 1 aliphatic carbocycles. The van der Waals surface area contributed by atoms with Crippen LogP contribution in [0.25, 0.3) is 22.3 Å². The predicted molar refractivity (Wildman–Crippen MR) is 185 cm³/mol. The van der Waals surface area contributed by atoms with Gasteiger partial charge in [0.25, 0.3) is 0 Å². The molecule has 0 atom stereocenters. The van der Waals surface area contributed by atoms with Crippen LogP contribution in [-0.2, 0) is 6.11 Å². The molecular weight excluding hydrogens is 691 g/mol. The quantitative estimate of drug-likeness (QED) is 0.0633. The minimum absolute atomic E-state index is 0.0915. The zero-order chi connectivity index (χ0) is 37.4. The molecule has 4 aromatic rings. The summed E-state index contributed by atoms with van der Waals surface area (Å²) in [4.78, 5) is 0. The first-order valence-corrected chi connectivity index (χ1v) is 18.2. The summed E-state index contributed by atoms with van der Waals surface area (Å²) in [6.07, 6.45) is 12.4. The van der Waals surface area contributed by atoms with Gasteiger partial charge in [-0.1, -0.05) is 95.4 Å². The fourth-order valence-electron chi connectivity index (χ4n) is 7.26. The monoisotopic (exact) mass is 734 g/mol. The molecule has 0 aliphatic heterocycles. The summed E-state index contributed by atoms with van der Waals surface area (Å²) in [5.74, 6) is -11.1. The maximum absolute atomic E-state index is 15.4. The van der Waals surface area contributed by atoms with E-state index in [2.05, 4.69) is 11.7 Å². The van der Waals surface area contributed by atoms with Crippen LogP contribution in [0.5, 0.6) is 5.75 Å². The van der Waals surface area contributed by atoms with E-state index in [4.69, 9.17) is 0 Å². The lowest BCUT2D eigenvalue weighted by atomic mass is 9.77. The van der Waals surface area contributed by atoms with Crippen LogP contribution in [0.1, 0.15) is 114 Å². The molecule has 0 aromatic heterocycles. The van der Waals surface area contributed by atoms with E-state index >= 15 is 8.78 Å². The van der Waals surface area contributed by atoms with Gasteiger partial charge >= 0.3 is 6.11 Å². The van der Waals surface area contributed by atoms with Crippen LogP contribution >= 0.6 is 0 Å². The van der Waals surface area contributed by atoms with Crippen molar-refractivity contribution in [2.75, 3.05) is 0 Å². The second kappa shape index (κ2) is 17.7. The van der Waals surface area contributed by atoms with Crippen molar-refractivity contribution in [1.29, 1.82) is 0 Å². The van der Waals surface area contributed by atoms with Crippen LogP contribution in [0, 0.1) is 46.6 Å². The van der Waals surface area contributed by atoms with Crippen molar-refractivity contribution in [2.45, 2.75) is 109 Å². The van der Waals surface area contributed by atoms with Gasteiger partial charge < -0.3 is 4.74 Å². The molecule has 52 heavy (non-hydrogen) atoms. The molecule has 0 amide bonds. The maximum Gasteiger partial charge on any atom is 0.432 e. The number of alkyl halides is 2. The highest BCUT2D eigenvalue weighted by atomic mass is 19.3. The summed E-state index contributed by atoms with van der Waals surface area (Å²) in [5, 5.41) is 0. The number of hydrogen-bond acceptors (Lipinski definition) is 1. The fourth-order valence-corrected chi connectivity index (χ4v) is 7.26. The molecule has 0 saturated heterocycles. The first kappa shape index (κ1) is 39.3. The van der Waals surface area contributed by atoms with Gasteiger partial charge in [0.2, 0.25) is 0 Å². The predicted octanol–water partition coefficient (Wildman–Crippen LogP) is 14.3. The first-order valence-electron chi connectivity index (χ1n) is 18.2. The van der Waals surface area contributed by atoms with Gasteiger partial charge in [-0.05, 0) is 78.5 Å². The van der Waals surface area contributed by atoms with Crippen molar-refractivity contribution in [3.8, 4) is 28.0 Å². The molecule has 0 bridgehead atoms. The van der Waals surface area contributed by atoms with E-state index < -0.39 is 63.7 Å². The van der Waals surface area contributed by atoms with Crippen molar-refractivity contribution in [3.63, 3.8) is 0 Å². The molecule has 0 N–H and O–H groups in total. The van der Waals surface area contributed by atoms with Crippen molar-refractivity contribution >= 4 is 0 Å². The standard InChI is InChI=1S/C42H43F9O/c1-2-3-4-5-6-7-8-9-10-11-26-12-14-27(15-13-26)28-16-18-32(34(43)20-28)29-17-19-33(35(44)21-29)30-22-36(45)40(37(46)23-30)42(50,51)52-31-24-38(47)41(49)39(48)25-31/h16-27H,2-15H2,1H3. The molecule has 1 aliphatic rings. The van der Waals surface area contributed by atoms with Gasteiger partial charge in [-0.25, -0.2) is 30.7 Å². The zero-order valence-corrected chi connectivity index (χ0v) is 29.1. The topological polar surface area (TPSA) is 9.23 Å². The van der Waals surface area contributed by atoms with E-state index in [1.165, 1.54) is 76.3 Å². The van der Waals surface area contributed by atoms with E-state index in [1.807, 2.05) is 6.07 Å². The molecule has 10 heteroatoms. The Kier molecular flexibility index (Phi) is 13.4. The summed E-state index contributed by atoms with van der Waals surface area (Å²) < 4.78 is 134. The van der Waals surface area contributed by atoms with Crippen molar-refractivity contribution in [3.05, 3.63) is 113 Å². The third-order valence-electron chi connectivity index (χ3n) is 10.2. The molecular formula is C42H43F9O. The highest BCUT2D eigenvalue weighted by Crippen LogP contribution is 2.41. The smallest absolute Gasteiger partial charge is 0.429 e. The second-order valence-electron chi connectivity index (χ2n) is 13.9. The van der Waals surface area contributed by atoms with Crippen LogP contribution in [0.3, 0.4) is 0 Å². The lowest BCUT2D eigenvalue weighted by Gasteiger charge is -2.29. The Hall–Kier alpha value is -3.95. The van der Waals surface area contributed by atoms with Gasteiger partial charge in [0.05, 0.1) is 0 Å². The van der Waals surface area contributed by atoms with E-state index in [0.717, 1.165) is 43.4 Å². The number of ether oxygens (including phenoxy) is 1. The summed E-state index contributed by atoms with van der Waals surface area (Å²) in [5.41, 5.74) is -1.51. The van der Waals surface area contributed by atoms with Crippen LogP contribution in [0.15, 0.2) is 60.7 Å². The lowest BCUT2D eigenvalue weighted by Crippen LogP contribution is -2.25. The zero-order valence-electron chi connectivity index (χ0n) is 29.1. The highest BCUT2D eigenvalue weighted by molar-refractivity contribution is 5.72. The number of hydrogen-bond donors (Lipinski definition) is 0. The summed E-state index contributed by atoms with van der Waals surface area (Å²) in [7, 11) is 0. The SMILES string of the molecule is CCCCCCCCCCCC1CCC(c2ccc(-c3ccc(-c4cc(F)c(C(F)(F)Oc5cc(F)c(F)c(F)c5)c(F)c4)c(F)c3)c(F)c2)CC1. The number of rotatable bonds is 16. The van der Waals surface area contributed by atoms with Gasteiger partial charge in [-0.2, -0.15) is 8.78 Å². The van der Waals surface area contributed by atoms with Gasteiger partial charge in [0.15, 0.2) is 17.5 Å². The third kappa shape index (κ3) is 9.72. The summed E-state index contributed by atoms with van der Waals surface area (Å²) in [6, 6.07) is 9.48. The minimum atomic E-state index is -4.79. The molecule has 1 saturated carbocycles. The van der Waals surface area contributed by atoms with Gasteiger partial charge in [-0.3, -0.25) is 0 Å². The largest absolute Gasteiger partial charge is 0.432 e. The average molecular weight is 735 g/mol. The van der Waals surface area contributed by atoms with Crippen LogP contribution in [0.2, 0.25) is 0 Å². The van der Waals surface area contributed by atoms with Crippen LogP contribution in [0.4, 0.5) is 39.5 Å². The van der Waals surface area contributed by atoms with E-state index in [9.17, 15) is 30.7 Å². The maximum atomic E-state index is 15.4. The Balaban J connectivity index is 1.19. The molecule has 0 unspecified atom stereocenters. The fraction of sp³-hybridized carbons (Fsp3) is 0.429. The molecule has 0 heterocycles. The number of benzene rings is 4. The van der Waals surface area contributed by atoms with E-state index in [-0.39, 0.29) is 34.7 Å². The molecule has 0 radical (unpaired) electrons. The van der Waals surface area contributed by atoms with Crippen molar-refractivity contribution in [2.24, 2.45) is 5.92 Å². The molecule has 0 spiro atoms. The first-order chi connectivity index (χ1) is 24.9. The Bertz CT molecular complexity index is 1770. The van der Waals surface area contributed by atoms with Gasteiger partial charge in [0, 0.05) is 23.3 Å². The van der Waals surface area contributed by atoms with E-state index in [1.54, 1.807) is 6.07 Å². The number of unbranched alkanes of at least 4 members (excludes halogenated alkanes) is 8. The Morgan fingerprint density at radius 2 is 1.08 bits per heavy atom. The Morgan fingerprint density at radius 3 is 1.65 bits per heavy atom. The summed E-state index contributed by atoms with van der Waals surface area (Å²) in [6.45, 7) is 2.23.